The summed E-state index contributed by atoms with van der Waals surface area (Å²) >= 11 is 1.68. The second-order valence-electron chi connectivity index (χ2n) is 4.20. The minimum absolute atomic E-state index is 0.239. The van der Waals surface area contributed by atoms with Crippen LogP contribution in [0.3, 0.4) is 0 Å². The Morgan fingerprint density at radius 1 is 1.28 bits per heavy atom. The highest BCUT2D eigenvalue weighted by Crippen LogP contribution is 2.23. The summed E-state index contributed by atoms with van der Waals surface area (Å²) in [5.41, 5.74) is 7.33. The van der Waals surface area contributed by atoms with Crippen LogP contribution in [0.2, 0.25) is 0 Å². The highest BCUT2D eigenvalue weighted by atomic mass is 32.1. The lowest BCUT2D eigenvalue weighted by atomic mass is 10.2. The van der Waals surface area contributed by atoms with Gasteiger partial charge in [-0.1, -0.05) is 6.07 Å². The van der Waals surface area contributed by atoms with Gasteiger partial charge in [0.15, 0.2) is 0 Å². The van der Waals surface area contributed by atoms with E-state index in [1.54, 1.807) is 30.4 Å². The van der Waals surface area contributed by atoms with E-state index in [1.165, 1.54) is 10.9 Å². The molecule has 0 atom stereocenters. The third-order valence-corrected chi connectivity index (χ3v) is 3.93. The van der Waals surface area contributed by atoms with Crippen LogP contribution in [0.4, 0.5) is 4.39 Å². The molecule has 0 fully saturated rings. The van der Waals surface area contributed by atoms with Gasteiger partial charge < -0.3 is 10.5 Å². The first-order valence-electron chi connectivity index (χ1n) is 5.77. The number of ether oxygens (including phenoxy) is 1. The Balaban J connectivity index is 2.06. The molecule has 0 spiro atoms. The van der Waals surface area contributed by atoms with Gasteiger partial charge >= 0.3 is 0 Å². The van der Waals surface area contributed by atoms with Crippen molar-refractivity contribution in [1.29, 1.82) is 0 Å². The van der Waals surface area contributed by atoms with Crippen molar-refractivity contribution in [2.24, 2.45) is 5.73 Å². The smallest absolute Gasteiger partial charge is 0.129 e. The van der Waals surface area contributed by atoms with Gasteiger partial charge in [-0.05, 0) is 31.5 Å². The Kier molecular flexibility index (Phi) is 3.99. The Morgan fingerprint density at radius 2 is 2.06 bits per heavy atom. The van der Waals surface area contributed by atoms with Crippen LogP contribution in [0, 0.1) is 19.7 Å². The first kappa shape index (κ1) is 13.1. The summed E-state index contributed by atoms with van der Waals surface area (Å²) in [5, 5.41) is 0. The van der Waals surface area contributed by atoms with Gasteiger partial charge in [0.05, 0.1) is 0 Å². The minimum atomic E-state index is -0.239. The van der Waals surface area contributed by atoms with Crippen LogP contribution in [0.1, 0.15) is 20.9 Å². The number of aryl methyl sites for hydroxylation is 2. The number of hydrogen-bond donors (Lipinski definition) is 1. The van der Waals surface area contributed by atoms with Gasteiger partial charge in [0.25, 0.3) is 0 Å². The molecule has 1 heterocycles. The van der Waals surface area contributed by atoms with E-state index in [-0.39, 0.29) is 5.82 Å². The first-order chi connectivity index (χ1) is 8.60. The van der Waals surface area contributed by atoms with Crippen LogP contribution in [-0.4, -0.2) is 0 Å². The number of rotatable bonds is 4. The van der Waals surface area contributed by atoms with E-state index in [9.17, 15) is 4.39 Å². The van der Waals surface area contributed by atoms with Gasteiger partial charge in [0.1, 0.15) is 18.2 Å². The molecule has 0 aliphatic rings. The molecule has 0 radical (unpaired) electrons. The van der Waals surface area contributed by atoms with E-state index in [1.807, 2.05) is 13.0 Å². The highest BCUT2D eigenvalue weighted by molar-refractivity contribution is 7.12. The Bertz CT molecular complexity index is 551. The quantitative estimate of drug-likeness (QED) is 0.917. The molecule has 2 rings (SSSR count). The zero-order chi connectivity index (χ0) is 13.1. The molecule has 4 heteroatoms. The maximum atomic E-state index is 13.3. The zero-order valence-corrected chi connectivity index (χ0v) is 11.3. The summed E-state index contributed by atoms with van der Waals surface area (Å²) < 4.78 is 18.9. The Labute approximate surface area is 110 Å². The molecule has 0 unspecified atom stereocenters. The molecular formula is C14H16FNOS. The lowest BCUT2D eigenvalue weighted by Gasteiger charge is -2.06. The zero-order valence-electron chi connectivity index (χ0n) is 10.5. The fraction of sp³-hybridized carbons (Fsp3) is 0.286. The number of halogens is 1. The van der Waals surface area contributed by atoms with Gasteiger partial charge in [0, 0.05) is 27.9 Å². The van der Waals surface area contributed by atoms with Gasteiger partial charge in [-0.2, -0.15) is 0 Å². The summed E-state index contributed by atoms with van der Waals surface area (Å²) in [5.74, 6) is 0.315. The minimum Gasteiger partial charge on any atom is -0.489 e. The van der Waals surface area contributed by atoms with Gasteiger partial charge in [-0.25, -0.2) is 4.39 Å². The summed E-state index contributed by atoms with van der Waals surface area (Å²) in [6, 6.07) is 6.96. The van der Waals surface area contributed by atoms with Crippen LogP contribution in [0.25, 0.3) is 0 Å². The van der Waals surface area contributed by atoms with Crippen molar-refractivity contribution in [3.8, 4) is 5.75 Å². The van der Waals surface area contributed by atoms with Crippen LogP contribution in [0.5, 0.6) is 5.75 Å². The van der Waals surface area contributed by atoms with Gasteiger partial charge in [0.2, 0.25) is 0 Å². The fourth-order valence-corrected chi connectivity index (χ4v) is 2.58. The topological polar surface area (TPSA) is 35.2 Å². The summed E-state index contributed by atoms with van der Waals surface area (Å²) in [4.78, 5) is 2.34. The molecular weight excluding hydrogens is 249 g/mol. The summed E-state index contributed by atoms with van der Waals surface area (Å²) in [6.07, 6.45) is 0. The third-order valence-electron chi connectivity index (χ3n) is 2.81. The van der Waals surface area contributed by atoms with Crippen LogP contribution >= 0.6 is 11.3 Å². The summed E-state index contributed by atoms with van der Waals surface area (Å²) in [7, 11) is 0. The monoisotopic (exact) mass is 265 g/mol. The molecule has 2 aromatic rings. The maximum Gasteiger partial charge on any atom is 0.129 e. The fourth-order valence-electron chi connectivity index (χ4n) is 1.66. The van der Waals surface area contributed by atoms with E-state index in [0.717, 1.165) is 10.4 Å². The third kappa shape index (κ3) is 2.89. The molecule has 0 saturated heterocycles. The molecule has 18 heavy (non-hydrogen) atoms. The van der Waals surface area contributed by atoms with Crippen LogP contribution in [0.15, 0.2) is 24.3 Å². The average molecular weight is 265 g/mol. The van der Waals surface area contributed by atoms with Crippen molar-refractivity contribution in [2.75, 3.05) is 0 Å². The molecule has 0 bridgehead atoms. The van der Waals surface area contributed by atoms with Crippen molar-refractivity contribution in [3.63, 3.8) is 0 Å². The lowest BCUT2D eigenvalue weighted by Crippen LogP contribution is -1.97. The molecule has 1 aromatic carbocycles. The van der Waals surface area contributed by atoms with Crippen molar-refractivity contribution in [3.05, 3.63) is 51.0 Å². The normalized spacial score (nSPS) is 10.7. The number of benzene rings is 1. The highest BCUT2D eigenvalue weighted by Gasteiger charge is 2.06. The van der Waals surface area contributed by atoms with Crippen LogP contribution < -0.4 is 10.5 Å². The lowest BCUT2D eigenvalue weighted by molar-refractivity contribution is 0.304. The predicted octanol–water partition coefficient (Wildman–Crippen LogP) is 3.54. The second-order valence-corrected chi connectivity index (χ2v) is 5.54. The molecule has 1 aromatic heterocycles. The molecule has 0 amide bonds. The van der Waals surface area contributed by atoms with Gasteiger partial charge in [-0.15, -0.1) is 11.3 Å². The second kappa shape index (κ2) is 5.50. The largest absolute Gasteiger partial charge is 0.489 e. The number of nitrogens with two attached hydrogens (primary N) is 1. The SMILES string of the molecule is Cc1ccc(OCc2cc(CN)sc2C)cc1F. The number of hydrogen-bond acceptors (Lipinski definition) is 3. The molecule has 96 valence electrons. The van der Waals surface area contributed by atoms with E-state index in [4.69, 9.17) is 10.5 Å². The molecule has 0 aliphatic heterocycles. The van der Waals surface area contributed by atoms with Crippen molar-refractivity contribution in [2.45, 2.75) is 27.0 Å². The van der Waals surface area contributed by atoms with Gasteiger partial charge in [-0.3, -0.25) is 0 Å². The standard InChI is InChI=1S/C14H16FNOS/c1-9-3-4-12(6-14(9)15)17-8-11-5-13(7-16)18-10(11)2/h3-6H,7-8,16H2,1-2H3. The summed E-state index contributed by atoms with van der Waals surface area (Å²) in [6.45, 7) is 4.77. The predicted molar refractivity (Wildman–Crippen MR) is 72.4 cm³/mol. The van der Waals surface area contributed by atoms with Crippen molar-refractivity contribution in [1.82, 2.24) is 0 Å². The number of thiophene rings is 1. The Hall–Kier alpha value is -1.39. The molecule has 2 N–H and O–H groups in total. The van der Waals surface area contributed by atoms with E-state index in [2.05, 4.69) is 0 Å². The molecule has 0 saturated carbocycles. The van der Waals surface area contributed by atoms with Crippen molar-refractivity contribution >= 4 is 11.3 Å². The molecule has 2 nitrogen and oxygen atoms in total. The van der Waals surface area contributed by atoms with E-state index >= 15 is 0 Å². The van der Waals surface area contributed by atoms with E-state index in [0.29, 0.717) is 24.5 Å². The van der Waals surface area contributed by atoms with Crippen molar-refractivity contribution < 1.29 is 9.13 Å². The maximum absolute atomic E-state index is 13.3. The Morgan fingerprint density at radius 3 is 2.67 bits per heavy atom. The molecule has 0 aliphatic carbocycles. The van der Waals surface area contributed by atoms with E-state index < -0.39 is 0 Å². The van der Waals surface area contributed by atoms with Crippen LogP contribution in [-0.2, 0) is 13.2 Å². The first-order valence-corrected chi connectivity index (χ1v) is 6.59. The average Bonchev–Trinajstić information content (AvgIpc) is 2.72.